The molecule has 12 heavy (non-hydrogen) atoms. The predicted octanol–water partition coefficient (Wildman–Crippen LogP) is 1.06. The van der Waals surface area contributed by atoms with Crippen LogP contribution in [0, 0.1) is 0 Å². The highest BCUT2D eigenvalue weighted by Gasteiger charge is 2.46. The summed E-state index contributed by atoms with van der Waals surface area (Å²) < 4.78 is 47.0. The Hall–Kier alpha value is 0.250. The Morgan fingerprint density at radius 1 is 1.50 bits per heavy atom. The number of rotatable bonds is 4. The summed E-state index contributed by atoms with van der Waals surface area (Å²) in [5.74, 6) is -3.34. The van der Waals surface area contributed by atoms with Gasteiger partial charge in [0, 0.05) is 10.9 Å². The van der Waals surface area contributed by atoms with Gasteiger partial charge < -0.3 is 0 Å². The Bertz CT molecular complexity index is 263. The smallest absolute Gasteiger partial charge is 0.206 e. The van der Waals surface area contributed by atoms with E-state index in [2.05, 4.69) is 15.9 Å². The molecule has 0 aliphatic heterocycles. The molecule has 1 aliphatic rings. The van der Waals surface area contributed by atoms with Gasteiger partial charge in [-0.2, -0.15) is 8.78 Å². The molecule has 0 aromatic rings. The van der Waals surface area contributed by atoms with Crippen molar-refractivity contribution in [2.75, 3.05) is 5.33 Å². The van der Waals surface area contributed by atoms with Gasteiger partial charge in [0.2, 0.25) is 0 Å². The van der Waals surface area contributed by atoms with Crippen LogP contribution in [0.2, 0.25) is 0 Å². The van der Waals surface area contributed by atoms with Crippen molar-refractivity contribution in [3.05, 3.63) is 0 Å². The lowest BCUT2D eigenvalue weighted by atomic mass is 10.4. The molecule has 0 heterocycles. The van der Waals surface area contributed by atoms with Crippen molar-refractivity contribution < 1.29 is 17.2 Å². The van der Waals surface area contributed by atoms with Crippen molar-refractivity contribution >= 4 is 26.0 Å². The van der Waals surface area contributed by atoms with Crippen LogP contribution in [0.3, 0.4) is 0 Å². The number of halogens is 3. The van der Waals surface area contributed by atoms with E-state index in [1.807, 2.05) is 4.72 Å². The van der Waals surface area contributed by atoms with Gasteiger partial charge >= 0.3 is 5.76 Å². The predicted molar refractivity (Wildman–Crippen MR) is 43.8 cm³/mol. The van der Waals surface area contributed by atoms with Gasteiger partial charge in [0.25, 0.3) is 10.0 Å². The largest absolute Gasteiger partial charge is 0.350 e. The lowest BCUT2D eigenvalue weighted by Gasteiger charge is -2.13. The minimum atomic E-state index is -4.42. The van der Waals surface area contributed by atoms with Crippen LogP contribution in [0.15, 0.2) is 0 Å². The van der Waals surface area contributed by atoms with Gasteiger partial charge in [-0.3, -0.25) is 0 Å². The van der Waals surface area contributed by atoms with Gasteiger partial charge in [0.15, 0.2) is 0 Å². The first-order chi connectivity index (χ1) is 5.42. The van der Waals surface area contributed by atoms with Crippen LogP contribution in [0.25, 0.3) is 0 Å². The molecule has 0 saturated heterocycles. The molecule has 0 aromatic carbocycles. The molecule has 0 spiro atoms. The molecule has 0 aromatic heterocycles. The maximum Gasteiger partial charge on any atom is 0.350 e. The van der Waals surface area contributed by atoms with Crippen molar-refractivity contribution in [2.45, 2.75) is 24.1 Å². The summed E-state index contributed by atoms with van der Waals surface area (Å²) in [7, 11) is -4.42. The molecular formula is C5H8BrF2NO2S. The van der Waals surface area contributed by atoms with E-state index in [0.29, 0.717) is 18.2 Å². The second-order valence-corrected chi connectivity index (χ2v) is 5.03. The Kier molecular flexibility index (Phi) is 2.75. The molecule has 1 N–H and O–H groups in total. The highest BCUT2D eigenvalue weighted by molar-refractivity contribution is 9.09. The molecule has 1 aliphatic carbocycles. The van der Waals surface area contributed by atoms with Crippen molar-refractivity contribution in [3.8, 4) is 0 Å². The van der Waals surface area contributed by atoms with Crippen LogP contribution in [-0.2, 0) is 10.0 Å². The Balaban J connectivity index is 2.62. The summed E-state index contributed by atoms with van der Waals surface area (Å²) in [6, 6.07) is 0. The highest BCUT2D eigenvalue weighted by atomic mass is 79.9. The van der Waals surface area contributed by atoms with Crippen LogP contribution in [0.4, 0.5) is 8.78 Å². The lowest BCUT2D eigenvalue weighted by Crippen LogP contribution is -2.41. The molecule has 1 rings (SSSR count). The molecule has 0 amide bonds. The lowest BCUT2D eigenvalue weighted by molar-refractivity contribution is 0.231. The quantitative estimate of drug-likeness (QED) is 0.771. The van der Waals surface area contributed by atoms with Crippen molar-refractivity contribution in [2.24, 2.45) is 0 Å². The summed E-state index contributed by atoms with van der Waals surface area (Å²) in [6.45, 7) is 0. The van der Waals surface area contributed by atoms with Gasteiger partial charge in [0.1, 0.15) is 0 Å². The summed E-state index contributed by atoms with van der Waals surface area (Å²) in [4.78, 5) is 0. The topological polar surface area (TPSA) is 46.2 Å². The number of hydrogen-bond donors (Lipinski definition) is 1. The van der Waals surface area contributed by atoms with E-state index in [9.17, 15) is 17.2 Å². The molecule has 1 fully saturated rings. The average molecular weight is 264 g/mol. The third-order valence-electron chi connectivity index (χ3n) is 1.70. The molecule has 7 heteroatoms. The minimum Gasteiger partial charge on any atom is -0.206 e. The normalized spacial score (nSPS) is 21.3. The molecular weight excluding hydrogens is 256 g/mol. The maximum absolute atomic E-state index is 11.8. The molecule has 0 bridgehead atoms. The fraction of sp³-hybridized carbons (Fsp3) is 1.00. The van der Waals surface area contributed by atoms with Gasteiger partial charge in [-0.1, -0.05) is 15.9 Å². The zero-order valence-electron chi connectivity index (χ0n) is 6.06. The second-order valence-electron chi connectivity index (χ2n) is 2.82. The van der Waals surface area contributed by atoms with E-state index in [-0.39, 0.29) is 0 Å². The zero-order chi connectivity index (χ0) is 9.41. The maximum atomic E-state index is 11.8. The van der Waals surface area contributed by atoms with E-state index in [0.717, 1.165) is 0 Å². The summed E-state index contributed by atoms with van der Waals surface area (Å²) >= 11 is 3.06. The van der Waals surface area contributed by atoms with E-state index in [1.165, 1.54) is 0 Å². The number of nitrogens with one attached hydrogen (secondary N) is 1. The standard InChI is InChI=1S/C5H8BrF2NO2S/c6-3-5(1-2-5)9-12(10,11)4(7)8/h4,9H,1-3H2. The molecule has 3 nitrogen and oxygen atoms in total. The van der Waals surface area contributed by atoms with E-state index in [1.54, 1.807) is 0 Å². The SMILES string of the molecule is O=S(=O)(NC1(CBr)CC1)C(F)F. The summed E-state index contributed by atoms with van der Waals surface area (Å²) in [5.41, 5.74) is -0.644. The highest BCUT2D eigenvalue weighted by Crippen LogP contribution is 2.38. The Labute approximate surface area is 77.7 Å². The molecule has 72 valence electrons. The Morgan fingerprint density at radius 3 is 2.25 bits per heavy atom. The van der Waals surface area contributed by atoms with E-state index < -0.39 is 21.3 Å². The second kappa shape index (κ2) is 3.19. The number of hydrogen-bond acceptors (Lipinski definition) is 2. The molecule has 0 atom stereocenters. The number of sulfonamides is 1. The van der Waals surface area contributed by atoms with Gasteiger partial charge in [0.05, 0.1) is 0 Å². The summed E-state index contributed by atoms with van der Waals surface area (Å²) in [5, 5.41) is 0.381. The first kappa shape index (κ1) is 10.3. The van der Waals surface area contributed by atoms with Gasteiger partial charge in [-0.05, 0) is 12.8 Å². The van der Waals surface area contributed by atoms with Crippen LogP contribution in [0.5, 0.6) is 0 Å². The number of alkyl halides is 3. The van der Waals surface area contributed by atoms with Crippen LogP contribution in [-0.4, -0.2) is 25.0 Å². The fourth-order valence-corrected chi connectivity index (χ4v) is 2.62. The first-order valence-corrected chi connectivity index (χ1v) is 5.96. The average Bonchev–Trinajstić information content (AvgIpc) is 2.68. The van der Waals surface area contributed by atoms with Crippen molar-refractivity contribution in [1.29, 1.82) is 0 Å². The van der Waals surface area contributed by atoms with Gasteiger partial charge in [-0.25, -0.2) is 13.1 Å². The van der Waals surface area contributed by atoms with Gasteiger partial charge in [-0.15, -0.1) is 0 Å². The summed E-state index contributed by atoms with van der Waals surface area (Å²) in [6.07, 6.45) is 1.23. The van der Waals surface area contributed by atoms with Crippen molar-refractivity contribution in [3.63, 3.8) is 0 Å². The van der Waals surface area contributed by atoms with E-state index >= 15 is 0 Å². The van der Waals surface area contributed by atoms with Crippen LogP contribution in [0.1, 0.15) is 12.8 Å². The van der Waals surface area contributed by atoms with Crippen LogP contribution >= 0.6 is 15.9 Å². The third kappa shape index (κ3) is 2.14. The van der Waals surface area contributed by atoms with Crippen LogP contribution < -0.4 is 4.72 Å². The fourth-order valence-electron chi connectivity index (χ4n) is 0.760. The molecule has 0 radical (unpaired) electrons. The monoisotopic (exact) mass is 263 g/mol. The zero-order valence-corrected chi connectivity index (χ0v) is 8.46. The van der Waals surface area contributed by atoms with E-state index in [4.69, 9.17) is 0 Å². The third-order valence-corrected chi connectivity index (χ3v) is 3.96. The first-order valence-electron chi connectivity index (χ1n) is 3.29. The van der Waals surface area contributed by atoms with Crippen molar-refractivity contribution in [1.82, 2.24) is 4.72 Å². The Morgan fingerprint density at radius 2 is 2.00 bits per heavy atom. The minimum absolute atomic E-state index is 0.381. The molecule has 0 unspecified atom stereocenters. The molecule has 1 saturated carbocycles.